The summed E-state index contributed by atoms with van der Waals surface area (Å²) >= 11 is 0. The molecule has 0 spiro atoms. The molecular formula is C16H24N4O5S2. The molecule has 11 heteroatoms. The highest BCUT2D eigenvalue weighted by Gasteiger charge is 2.19. The van der Waals surface area contributed by atoms with Crippen LogP contribution >= 0.6 is 0 Å². The van der Waals surface area contributed by atoms with E-state index in [1.54, 1.807) is 0 Å². The van der Waals surface area contributed by atoms with Crippen LogP contribution in [0.1, 0.15) is 25.7 Å². The van der Waals surface area contributed by atoms with E-state index in [4.69, 9.17) is 0 Å². The van der Waals surface area contributed by atoms with Crippen LogP contribution in [-0.4, -0.2) is 59.3 Å². The van der Waals surface area contributed by atoms with Gasteiger partial charge in [0.15, 0.2) is 0 Å². The number of amidine groups is 1. The van der Waals surface area contributed by atoms with Gasteiger partial charge >= 0.3 is 0 Å². The summed E-state index contributed by atoms with van der Waals surface area (Å²) in [7, 11) is -6.02. The number of anilines is 1. The van der Waals surface area contributed by atoms with Crippen molar-refractivity contribution >= 4 is 37.5 Å². The molecule has 1 aromatic rings. The molecule has 1 aliphatic heterocycles. The number of rotatable bonds is 6. The summed E-state index contributed by atoms with van der Waals surface area (Å²) in [6.07, 6.45) is 4.40. The van der Waals surface area contributed by atoms with E-state index in [-0.39, 0.29) is 17.1 Å². The largest absolute Gasteiger partial charge is 0.325 e. The number of sulfonamides is 2. The Labute approximate surface area is 160 Å². The van der Waals surface area contributed by atoms with Crippen LogP contribution < -0.4 is 10.0 Å². The van der Waals surface area contributed by atoms with E-state index in [9.17, 15) is 21.6 Å². The van der Waals surface area contributed by atoms with Crippen LogP contribution in [-0.2, 0) is 24.8 Å². The minimum absolute atomic E-state index is 0.0104. The minimum atomic E-state index is -3.82. The molecule has 0 saturated heterocycles. The molecule has 9 nitrogen and oxygen atoms in total. The molecule has 1 heterocycles. The molecule has 0 aromatic heterocycles. The number of carbonyl (C=O) groups is 1. The number of benzene rings is 1. The standard InChI is InChI=1S/C16H24N4O5S2/c1-20(26(2,22)23)12-16(21)18-13-7-6-8-14(11-13)27(24,25)19-15-9-4-3-5-10-17-15/h6-8,11H,3-5,9-10,12H2,1-2H3,(H,17,19)(H,18,21). The normalized spacial score (nSPS) is 15.7. The topological polar surface area (TPSA) is 125 Å². The van der Waals surface area contributed by atoms with E-state index in [0.29, 0.717) is 18.8 Å². The molecular weight excluding hydrogens is 392 g/mol. The Morgan fingerprint density at radius 1 is 1.19 bits per heavy atom. The molecule has 1 amide bonds. The Bertz CT molecular complexity index is 926. The van der Waals surface area contributed by atoms with E-state index in [2.05, 4.69) is 15.0 Å². The van der Waals surface area contributed by atoms with Crippen molar-refractivity contribution in [3.8, 4) is 0 Å². The van der Waals surface area contributed by atoms with Crippen molar-refractivity contribution in [3.05, 3.63) is 24.3 Å². The second kappa shape index (κ2) is 8.81. The zero-order valence-electron chi connectivity index (χ0n) is 15.3. The second-order valence-electron chi connectivity index (χ2n) is 6.34. The third kappa shape index (κ3) is 6.60. The summed E-state index contributed by atoms with van der Waals surface area (Å²) in [6.45, 7) is 0.229. The van der Waals surface area contributed by atoms with Crippen LogP contribution in [0.3, 0.4) is 0 Å². The average molecular weight is 417 g/mol. The fraction of sp³-hybridized carbons (Fsp3) is 0.500. The molecule has 2 N–H and O–H groups in total. The maximum Gasteiger partial charge on any atom is 0.262 e. The molecule has 0 aliphatic carbocycles. The number of hydrogen-bond donors (Lipinski definition) is 2. The van der Waals surface area contributed by atoms with E-state index in [0.717, 1.165) is 29.8 Å². The molecule has 0 unspecified atom stereocenters. The first kappa shape index (κ1) is 21.3. The third-order valence-electron chi connectivity index (χ3n) is 3.99. The molecule has 0 bridgehead atoms. The molecule has 0 atom stereocenters. The van der Waals surface area contributed by atoms with E-state index in [1.165, 1.54) is 31.3 Å². The van der Waals surface area contributed by atoms with Crippen LogP contribution in [0.2, 0.25) is 0 Å². The highest BCUT2D eigenvalue weighted by atomic mass is 32.2. The van der Waals surface area contributed by atoms with Gasteiger partial charge in [-0.25, -0.2) is 16.8 Å². The average Bonchev–Trinajstić information content (AvgIpc) is 2.82. The molecule has 1 aliphatic rings. The van der Waals surface area contributed by atoms with Gasteiger partial charge in [-0.05, 0) is 31.0 Å². The lowest BCUT2D eigenvalue weighted by molar-refractivity contribution is -0.116. The fourth-order valence-corrected chi connectivity index (χ4v) is 3.92. The lowest BCUT2D eigenvalue weighted by Crippen LogP contribution is -2.34. The lowest BCUT2D eigenvalue weighted by atomic mass is 10.2. The Morgan fingerprint density at radius 3 is 2.63 bits per heavy atom. The highest BCUT2D eigenvalue weighted by Crippen LogP contribution is 2.16. The summed E-state index contributed by atoms with van der Waals surface area (Å²) < 4.78 is 51.3. The van der Waals surface area contributed by atoms with Gasteiger partial charge in [0.2, 0.25) is 15.9 Å². The van der Waals surface area contributed by atoms with Crippen LogP contribution in [0, 0.1) is 0 Å². The van der Waals surface area contributed by atoms with Crippen LogP contribution in [0.25, 0.3) is 0 Å². The smallest absolute Gasteiger partial charge is 0.262 e. The van der Waals surface area contributed by atoms with Gasteiger partial charge in [-0.1, -0.05) is 12.5 Å². The van der Waals surface area contributed by atoms with Crippen molar-refractivity contribution in [3.63, 3.8) is 0 Å². The molecule has 150 valence electrons. The fourth-order valence-electron chi connectivity index (χ4n) is 2.43. The van der Waals surface area contributed by atoms with Crippen molar-refractivity contribution in [1.82, 2.24) is 9.03 Å². The monoisotopic (exact) mass is 416 g/mol. The molecule has 0 saturated carbocycles. The van der Waals surface area contributed by atoms with E-state index < -0.39 is 26.0 Å². The number of carbonyl (C=O) groups excluding carboxylic acids is 1. The van der Waals surface area contributed by atoms with Crippen molar-refractivity contribution in [2.24, 2.45) is 4.99 Å². The molecule has 27 heavy (non-hydrogen) atoms. The van der Waals surface area contributed by atoms with Crippen LogP contribution in [0.4, 0.5) is 5.69 Å². The predicted octanol–water partition coefficient (Wildman–Crippen LogP) is 0.767. The molecule has 0 radical (unpaired) electrons. The summed E-state index contributed by atoms with van der Waals surface area (Å²) in [5.74, 6) is -0.129. The Morgan fingerprint density at radius 2 is 1.93 bits per heavy atom. The van der Waals surface area contributed by atoms with Crippen molar-refractivity contribution in [2.45, 2.75) is 30.6 Å². The molecule has 1 aromatic carbocycles. The Kier molecular flexibility index (Phi) is 6.95. The van der Waals surface area contributed by atoms with Gasteiger partial charge in [0.25, 0.3) is 10.0 Å². The zero-order valence-corrected chi connectivity index (χ0v) is 16.9. The van der Waals surface area contributed by atoms with Crippen LogP contribution in [0.5, 0.6) is 0 Å². The van der Waals surface area contributed by atoms with E-state index in [1.807, 2.05) is 0 Å². The van der Waals surface area contributed by atoms with Gasteiger partial charge in [0, 0.05) is 25.7 Å². The first-order valence-corrected chi connectivity index (χ1v) is 11.8. The predicted molar refractivity (Wildman–Crippen MR) is 104 cm³/mol. The number of nitrogens with one attached hydrogen (secondary N) is 2. The first-order valence-electron chi connectivity index (χ1n) is 8.45. The SMILES string of the molecule is CN(CC(=O)Nc1cccc(S(=O)(=O)NC2=NCCCCC2)c1)S(C)(=O)=O. The van der Waals surface area contributed by atoms with Crippen molar-refractivity contribution in [2.75, 3.05) is 31.7 Å². The van der Waals surface area contributed by atoms with Gasteiger partial charge in [0.1, 0.15) is 5.84 Å². The Hall–Kier alpha value is -1.98. The quantitative estimate of drug-likeness (QED) is 0.708. The van der Waals surface area contributed by atoms with Crippen molar-refractivity contribution < 1.29 is 21.6 Å². The minimum Gasteiger partial charge on any atom is -0.325 e. The van der Waals surface area contributed by atoms with Gasteiger partial charge in [-0.15, -0.1) is 0 Å². The number of amides is 1. The zero-order chi connectivity index (χ0) is 20.1. The van der Waals surface area contributed by atoms with Gasteiger partial charge in [-0.3, -0.25) is 14.5 Å². The molecule has 0 fully saturated rings. The highest BCUT2D eigenvalue weighted by molar-refractivity contribution is 7.90. The Balaban J connectivity index is 2.09. The third-order valence-corrected chi connectivity index (χ3v) is 6.63. The van der Waals surface area contributed by atoms with Crippen molar-refractivity contribution in [1.29, 1.82) is 0 Å². The van der Waals surface area contributed by atoms with Gasteiger partial charge in [-0.2, -0.15) is 4.31 Å². The molecule has 2 rings (SSSR count). The summed E-state index contributed by atoms with van der Waals surface area (Å²) in [6, 6.07) is 5.76. The maximum atomic E-state index is 12.6. The second-order valence-corrected chi connectivity index (χ2v) is 10.1. The summed E-state index contributed by atoms with van der Waals surface area (Å²) in [5, 5.41) is 2.50. The summed E-state index contributed by atoms with van der Waals surface area (Å²) in [4.78, 5) is 16.2. The number of hydrogen-bond acceptors (Lipinski definition) is 6. The maximum absolute atomic E-state index is 12.6. The van der Waals surface area contributed by atoms with Crippen LogP contribution in [0.15, 0.2) is 34.2 Å². The van der Waals surface area contributed by atoms with Gasteiger partial charge < -0.3 is 5.32 Å². The van der Waals surface area contributed by atoms with E-state index >= 15 is 0 Å². The number of aliphatic imine (C=N–C) groups is 1. The lowest BCUT2D eigenvalue weighted by Gasteiger charge is -2.14. The summed E-state index contributed by atoms with van der Waals surface area (Å²) in [5.41, 5.74) is 0.257. The number of likely N-dealkylation sites (N-methyl/N-ethyl adjacent to an activating group) is 1. The first-order chi connectivity index (χ1) is 12.6. The number of nitrogens with zero attached hydrogens (tertiary/aromatic N) is 2. The van der Waals surface area contributed by atoms with Gasteiger partial charge in [0.05, 0.1) is 17.7 Å².